The molecular formula is C11H12BrNO4S. The molecule has 2 aliphatic rings. The monoisotopic (exact) mass is 333 g/mol. The van der Waals surface area contributed by atoms with E-state index in [1.165, 1.54) is 4.31 Å². The first-order valence-corrected chi connectivity index (χ1v) is 7.78. The van der Waals surface area contributed by atoms with Crippen molar-refractivity contribution in [1.29, 1.82) is 0 Å². The van der Waals surface area contributed by atoms with E-state index in [0.717, 1.165) is 4.47 Å². The summed E-state index contributed by atoms with van der Waals surface area (Å²) in [5, 5.41) is 0. The Morgan fingerprint density at radius 2 is 1.67 bits per heavy atom. The summed E-state index contributed by atoms with van der Waals surface area (Å²) in [6.07, 6.45) is 0. The van der Waals surface area contributed by atoms with Crippen molar-refractivity contribution >= 4 is 26.0 Å². The molecule has 98 valence electrons. The van der Waals surface area contributed by atoms with Crippen LogP contribution in [-0.4, -0.2) is 44.8 Å². The Balaban J connectivity index is 1.86. The third-order valence-corrected chi connectivity index (χ3v) is 5.63. The van der Waals surface area contributed by atoms with Crippen LogP contribution in [0.2, 0.25) is 0 Å². The first kappa shape index (κ1) is 12.6. The van der Waals surface area contributed by atoms with E-state index in [4.69, 9.17) is 9.47 Å². The fraction of sp³-hybridized carbons (Fsp3) is 0.455. The van der Waals surface area contributed by atoms with Gasteiger partial charge in [-0.25, -0.2) is 8.42 Å². The van der Waals surface area contributed by atoms with E-state index in [1.807, 2.05) is 0 Å². The number of fused-ring (bicyclic) bond motifs is 1. The van der Waals surface area contributed by atoms with E-state index in [9.17, 15) is 8.42 Å². The molecule has 2 fully saturated rings. The molecule has 0 spiro atoms. The second-order valence-corrected chi connectivity index (χ2v) is 7.04. The Kier molecular flexibility index (Phi) is 3.19. The summed E-state index contributed by atoms with van der Waals surface area (Å²) in [5.74, 6) is 0. The van der Waals surface area contributed by atoms with Gasteiger partial charge in [-0.2, -0.15) is 4.31 Å². The van der Waals surface area contributed by atoms with Gasteiger partial charge in [0, 0.05) is 4.47 Å². The number of hydrogen-bond acceptors (Lipinski definition) is 4. The number of sulfonamides is 1. The molecular weight excluding hydrogens is 322 g/mol. The van der Waals surface area contributed by atoms with Crippen LogP contribution in [0.3, 0.4) is 0 Å². The molecule has 1 aromatic carbocycles. The van der Waals surface area contributed by atoms with Gasteiger partial charge in [0.15, 0.2) is 0 Å². The lowest BCUT2D eigenvalue weighted by atomic mass is 10.3. The molecule has 0 amide bonds. The Morgan fingerprint density at radius 1 is 1.11 bits per heavy atom. The van der Waals surface area contributed by atoms with Crippen molar-refractivity contribution < 1.29 is 17.9 Å². The zero-order valence-electron chi connectivity index (χ0n) is 9.45. The molecule has 0 bridgehead atoms. The molecule has 1 aromatic rings. The van der Waals surface area contributed by atoms with E-state index in [0.29, 0.717) is 18.1 Å². The van der Waals surface area contributed by atoms with Crippen LogP contribution in [0, 0.1) is 0 Å². The lowest BCUT2D eigenvalue weighted by Gasteiger charge is -2.09. The number of hydrogen-bond donors (Lipinski definition) is 0. The molecule has 2 heterocycles. The van der Waals surface area contributed by atoms with Gasteiger partial charge in [0.25, 0.3) is 0 Å². The standard InChI is InChI=1S/C11H12BrNO4S/c12-8-1-3-9(4-2-8)18(14,15)13-10-5-16-7-17-6-11(10)13/h1-4,10-11H,5-7H2/t10-,11+,13?. The van der Waals surface area contributed by atoms with Crippen molar-refractivity contribution in [2.75, 3.05) is 20.0 Å². The second kappa shape index (κ2) is 4.57. The molecule has 7 heteroatoms. The van der Waals surface area contributed by atoms with Gasteiger partial charge < -0.3 is 9.47 Å². The highest BCUT2D eigenvalue weighted by Gasteiger charge is 2.56. The summed E-state index contributed by atoms with van der Waals surface area (Å²) in [4.78, 5) is 0.304. The topological polar surface area (TPSA) is 55.6 Å². The minimum absolute atomic E-state index is 0.0823. The average Bonchev–Trinajstić information content (AvgIpc) is 3.04. The highest BCUT2D eigenvalue weighted by atomic mass is 79.9. The van der Waals surface area contributed by atoms with Gasteiger partial charge in [-0.15, -0.1) is 0 Å². The Bertz CT molecular complexity index is 533. The van der Waals surface area contributed by atoms with E-state index < -0.39 is 10.0 Å². The number of rotatable bonds is 2. The van der Waals surface area contributed by atoms with Gasteiger partial charge in [-0.05, 0) is 24.3 Å². The lowest BCUT2D eigenvalue weighted by Crippen LogP contribution is -2.20. The van der Waals surface area contributed by atoms with E-state index in [1.54, 1.807) is 24.3 Å². The van der Waals surface area contributed by atoms with Crippen molar-refractivity contribution in [2.24, 2.45) is 0 Å². The number of nitrogens with zero attached hydrogens (tertiary/aromatic N) is 1. The SMILES string of the molecule is O=S(=O)(c1ccc(Br)cc1)N1[C@@H]2COCOC[C@@H]21. The second-order valence-electron chi connectivity index (χ2n) is 4.28. The average molecular weight is 334 g/mol. The molecule has 0 saturated carbocycles. The summed E-state index contributed by atoms with van der Waals surface area (Å²) in [6.45, 7) is 1.06. The maximum atomic E-state index is 12.4. The van der Waals surface area contributed by atoms with Crippen LogP contribution in [0.5, 0.6) is 0 Å². The van der Waals surface area contributed by atoms with Gasteiger partial charge in [0.1, 0.15) is 6.79 Å². The van der Waals surface area contributed by atoms with Crippen LogP contribution in [0.15, 0.2) is 33.6 Å². The Hall–Kier alpha value is -0.470. The summed E-state index contributed by atoms with van der Waals surface area (Å²) >= 11 is 3.29. The summed E-state index contributed by atoms with van der Waals surface area (Å²) < 4.78 is 37.5. The van der Waals surface area contributed by atoms with Crippen molar-refractivity contribution in [1.82, 2.24) is 4.31 Å². The maximum absolute atomic E-state index is 12.4. The predicted octanol–water partition coefficient (Wildman–Crippen LogP) is 1.19. The van der Waals surface area contributed by atoms with Gasteiger partial charge in [-0.1, -0.05) is 15.9 Å². The van der Waals surface area contributed by atoms with Gasteiger partial charge >= 0.3 is 0 Å². The van der Waals surface area contributed by atoms with Crippen LogP contribution in [0.1, 0.15) is 0 Å². The van der Waals surface area contributed by atoms with Crippen molar-refractivity contribution in [2.45, 2.75) is 17.0 Å². The summed E-state index contributed by atoms with van der Waals surface area (Å²) in [5.41, 5.74) is 0. The third kappa shape index (κ3) is 2.10. The first-order valence-electron chi connectivity index (χ1n) is 5.55. The molecule has 1 unspecified atom stereocenters. The van der Waals surface area contributed by atoms with Gasteiger partial charge in [0.2, 0.25) is 10.0 Å². The van der Waals surface area contributed by atoms with Crippen molar-refractivity contribution in [3.8, 4) is 0 Å². The minimum Gasteiger partial charge on any atom is -0.354 e. The van der Waals surface area contributed by atoms with Crippen LogP contribution >= 0.6 is 15.9 Å². The molecule has 0 aliphatic carbocycles. The van der Waals surface area contributed by atoms with Crippen molar-refractivity contribution in [3.05, 3.63) is 28.7 Å². The molecule has 2 saturated heterocycles. The molecule has 3 atom stereocenters. The first-order chi connectivity index (χ1) is 8.60. The van der Waals surface area contributed by atoms with Crippen LogP contribution in [0.4, 0.5) is 0 Å². The van der Waals surface area contributed by atoms with E-state index in [-0.39, 0.29) is 18.9 Å². The van der Waals surface area contributed by atoms with E-state index >= 15 is 0 Å². The lowest BCUT2D eigenvalue weighted by molar-refractivity contribution is -0.0436. The Labute approximate surface area is 114 Å². The zero-order valence-corrected chi connectivity index (χ0v) is 11.9. The van der Waals surface area contributed by atoms with E-state index in [2.05, 4.69) is 15.9 Å². The van der Waals surface area contributed by atoms with Crippen LogP contribution in [0.25, 0.3) is 0 Å². The van der Waals surface area contributed by atoms with Crippen LogP contribution < -0.4 is 0 Å². The summed E-state index contributed by atoms with van der Waals surface area (Å²) in [7, 11) is -3.43. The smallest absolute Gasteiger partial charge is 0.243 e. The third-order valence-electron chi connectivity index (χ3n) is 3.14. The highest BCUT2D eigenvalue weighted by Crippen LogP contribution is 2.37. The van der Waals surface area contributed by atoms with Gasteiger partial charge in [0.05, 0.1) is 30.2 Å². The number of halogens is 1. The minimum atomic E-state index is -3.43. The van der Waals surface area contributed by atoms with Gasteiger partial charge in [-0.3, -0.25) is 0 Å². The zero-order chi connectivity index (χ0) is 12.8. The normalized spacial score (nSPS) is 31.5. The van der Waals surface area contributed by atoms with Crippen molar-refractivity contribution in [3.63, 3.8) is 0 Å². The highest BCUT2D eigenvalue weighted by molar-refractivity contribution is 9.10. The number of ether oxygens (including phenoxy) is 2. The predicted molar refractivity (Wildman–Crippen MR) is 67.5 cm³/mol. The molecule has 2 aliphatic heterocycles. The molecule has 0 N–H and O–H groups in total. The Morgan fingerprint density at radius 3 is 2.22 bits per heavy atom. The number of benzene rings is 1. The molecule has 5 nitrogen and oxygen atoms in total. The molecule has 0 aromatic heterocycles. The largest absolute Gasteiger partial charge is 0.354 e. The molecule has 3 rings (SSSR count). The fourth-order valence-electron chi connectivity index (χ4n) is 2.16. The molecule has 0 radical (unpaired) electrons. The fourth-order valence-corrected chi connectivity index (χ4v) is 4.21. The quantitative estimate of drug-likeness (QED) is 0.763. The van der Waals surface area contributed by atoms with Crippen LogP contribution in [-0.2, 0) is 19.5 Å². The molecule has 18 heavy (non-hydrogen) atoms. The maximum Gasteiger partial charge on any atom is 0.243 e. The summed E-state index contributed by atoms with van der Waals surface area (Å²) in [6, 6.07) is 6.47.